The van der Waals surface area contributed by atoms with Crippen molar-refractivity contribution in [2.45, 2.75) is 52.1 Å². The van der Waals surface area contributed by atoms with E-state index in [1.807, 2.05) is 6.92 Å². The molecule has 2 atom stereocenters. The minimum absolute atomic E-state index is 0.122. The maximum atomic E-state index is 12.7. The van der Waals surface area contributed by atoms with Gasteiger partial charge in [-0.25, -0.2) is 4.79 Å². The standard InChI is InChI=1S/C21H26N2O5/c1-13(2)18(23-19(25)15-9-4-5-10-16(15)20(23)26)21(27)28-12-17(24)22-11-7-6-8-14(22)3/h4-5,9-10,13-14,18H,6-8,11-12H2,1-3H3/t14-,18-/m0/s1. The van der Waals surface area contributed by atoms with Gasteiger partial charge in [-0.05, 0) is 44.2 Å². The zero-order valence-electron chi connectivity index (χ0n) is 16.5. The Labute approximate surface area is 164 Å². The number of hydrogen-bond acceptors (Lipinski definition) is 5. The average Bonchev–Trinajstić information content (AvgIpc) is 2.92. The third kappa shape index (κ3) is 3.66. The SMILES string of the molecule is CC(C)[C@@H](C(=O)OCC(=O)N1CCCC[C@@H]1C)N1C(=O)c2ccccc2C1=O. The predicted octanol–water partition coefficient (Wildman–Crippen LogP) is 2.25. The first-order valence-electron chi connectivity index (χ1n) is 9.76. The lowest BCUT2D eigenvalue weighted by Crippen LogP contribution is -2.50. The molecular weight excluding hydrogens is 360 g/mol. The number of carbonyl (C=O) groups is 4. The van der Waals surface area contributed by atoms with Crippen LogP contribution >= 0.6 is 0 Å². The third-order valence-electron chi connectivity index (χ3n) is 5.44. The molecule has 2 aliphatic heterocycles. The van der Waals surface area contributed by atoms with Crippen molar-refractivity contribution >= 4 is 23.7 Å². The van der Waals surface area contributed by atoms with Gasteiger partial charge < -0.3 is 9.64 Å². The van der Waals surface area contributed by atoms with Crippen molar-refractivity contribution in [3.63, 3.8) is 0 Å². The van der Waals surface area contributed by atoms with Crippen LogP contribution in [0.15, 0.2) is 24.3 Å². The Balaban J connectivity index is 1.71. The minimum atomic E-state index is -1.07. The first kappa shape index (κ1) is 20.0. The van der Waals surface area contributed by atoms with Crippen LogP contribution in [0.2, 0.25) is 0 Å². The predicted molar refractivity (Wildman–Crippen MR) is 102 cm³/mol. The van der Waals surface area contributed by atoms with Crippen molar-refractivity contribution in [2.75, 3.05) is 13.2 Å². The summed E-state index contributed by atoms with van der Waals surface area (Å²) < 4.78 is 5.26. The fourth-order valence-corrected chi connectivity index (χ4v) is 3.91. The Kier molecular flexibility index (Phi) is 5.82. The first-order chi connectivity index (χ1) is 13.3. The lowest BCUT2D eigenvalue weighted by Gasteiger charge is -2.33. The van der Waals surface area contributed by atoms with Gasteiger partial charge in [0.2, 0.25) is 0 Å². The summed E-state index contributed by atoms with van der Waals surface area (Å²) in [7, 11) is 0. The van der Waals surface area contributed by atoms with Crippen LogP contribution in [-0.4, -0.2) is 58.7 Å². The van der Waals surface area contributed by atoms with Gasteiger partial charge in [0.05, 0.1) is 11.1 Å². The number of esters is 1. The number of piperidine rings is 1. The fraction of sp³-hybridized carbons (Fsp3) is 0.524. The van der Waals surface area contributed by atoms with E-state index in [1.54, 1.807) is 43.0 Å². The van der Waals surface area contributed by atoms with Crippen molar-refractivity contribution < 1.29 is 23.9 Å². The summed E-state index contributed by atoms with van der Waals surface area (Å²) >= 11 is 0. The highest BCUT2D eigenvalue weighted by Gasteiger charge is 2.44. The number of rotatable bonds is 5. The van der Waals surface area contributed by atoms with Crippen LogP contribution in [0, 0.1) is 5.92 Å². The molecule has 0 unspecified atom stereocenters. The molecule has 1 saturated heterocycles. The molecule has 0 spiro atoms. The number of nitrogens with zero attached hydrogens (tertiary/aromatic N) is 2. The molecule has 0 aliphatic carbocycles. The van der Waals surface area contributed by atoms with E-state index < -0.39 is 23.8 Å². The number of carbonyl (C=O) groups excluding carboxylic acids is 4. The zero-order chi connectivity index (χ0) is 20.4. The van der Waals surface area contributed by atoms with Crippen molar-refractivity contribution in [1.29, 1.82) is 0 Å². The van der Waals surface area contributed by atoms with Crippen LogP contribution in [0.25, 0.3) is 0 Å². The van der Waals surface area contributed by atoms with Crippen molar-refractivity contribution in [3.8, 4) is 0 Å². The molecule has 3 amide bonds. The minimum Gasteiger partial charge on any atom is -0.454 e. The van der Waals surface area contributed by atoms with E-state index in [0.29, 0.717) is 6.54 Å². The Morgan fingerprint density at radius 1 is 1.11 bits per heavy atom. The molecule has 7 nitrogen and oxygen atoms in total. The van der Waals surface area contributed by atoms with E-state index in [-0.39, 0.29) is 35.6 Å². The topological polar surface area (TPSA) is 84.0 Å². The summed E-state index contributed by atoms with van der Waals surface area (Å²) in [6.45, 7) is 5.74. The fourth-order valence-electron chi connectivity index (χ4n) is 3.91. The maximum absolute atomic E-state index is 12.7. The lowest BCUT2D eigenvalue weighted by molar-refractivity contribution is -0.157. The van der Waals surface area contributed by atoms with Gasteiger partial charge in [0.25, 0.3) is 17.7 Å². The lowest BCUT2D eigenvalue weighted by atomic mass is 10.0. The van der Waals surface area contributed by atoms with E-state index in [0.717, 1.165) is 24.2 Å². The monoisotopic (exact) mass is 386 g/mol. The van der Waals surface area contributed by atoms with Crippen molar-refractivity contribution in [3.05, 3.63) is 35.4 Å². The van der Waals surface area contributed by atoms with Gasteiger partial charge in [0, 0.05) is 12.6 Å². The molecule has 0 aromatic heterocycles. The van der Waals surface area contributed by atoms with Gasteiger partial charge in [-0.1, -0.05) is 26.0 Å². The van der Waals surface area contributed by atoms with E-state index >= 15 is 0 Å². The van der Waals surface area contributed by atoms with E-state index in [2.05, 4.69) is 0 Å². The van der Waals surface area contributed by atoms with Crippen LogP contribution in [0.4, 0.5) is 0 Å². The van der Waals surface area contributed by atoms with Crippen LogP contribution < -0.4 is 0 Å². The van der Waals surface area contributed by atoms with Gasteiger partial charge in [0.15, 0.2) is 6.61 Å². The molecule has 0 N–H and O–H groups in total. The highest BCUT2D eigenvalue weighted by atomic mass is 16.5. The second-order valence-electron chi connectivity index (χ2n) is 7.75. The van der Waals surface area contributed by atoms with Gasteiger partial charge in [-0.3, -0.25) is 19.3 Å². The smallest absolute Gasteiger partial charge is 0.330 e. The second-order valence-corrected chi connectivity index (χ2v) is 7.75. The Morgan fingerprint density at radius 3 is 2.25 bits per heavy atom. The van der Waals surface area contributed by atoms with Crippen LogP contribution in [0.1, 0.15) is 60.7 Å². The number of amides is 3. The molecule has 0 saturated carbocycles. The van der Waals surface area contributed by atoms with Gasteiger partial charge >= 0.3 is 5.97 Å². The largest absolute Gasteiger partial charge is 0.454 e. The quantitative estimate of drug-likeness (QED) is 0.572. The van der Waals surface area contributed by atoms with Crippen LogP contribution in [-0.2, 0) is 14.3 Å². The Bertz CT molecular complexity index is 769. The average molecular weight is 386 g/mol. The molecule has 0 radical (unpaired) electrons. The molecule has 1 aromatic rings. The summed E-state index contributed by atoms with van der Waals surface area (Å²) in [6, 6.07) is 5.54. The summed E-state index contributed by atoms with van der Waals surface area (Å²) in [5, 5.41) is 0. The summed E-state index contributed by atoms with van der Waals surface area (Å²) in [5.41, 5.74) is 0.563. The number of hydrogen-bond donors (Lipinski definition) is 0. The maximum Gasteiger partial charge on any atom is 0.330 e. The highest BCUT2D eigenvalue weighted by Crippen LogP contribution is 2.27. The Morgan fingerprint density at radius 2 is 1.71 bits per heavy atom. The molecule has 28 heavy (non-hydrogen) atoms. The van der Waals surface area contributed by atoms with Gasteiger partial charge in [-0.15, -0.1) is 0 Å². The van der Waals surface area contributed by atoms with Gasteiger partial charge in [-0.2, -0.15) is 0 Å². The highest BCUT2D eigenvalue weighted by molar-refractivity contribution is 6.22. The number of fused-ring (bicyclic) bond motifs is 1. The third-order valence-corrected chi connectivity index (χ3v) is 5.44. The number of imide groups is 1. The van der Waals surface area contributed by atoms with Crippen LogP contribution in [0.5, 0.6) is 0 Å². The number of benzene rings is 1. The van der Waals surface area contributed by atoms with Gasteiger partial charge in [0.1, 0.15) is 6.04 Å². The number of ether oxygens (including phenoxy) is 1. The van der Waals surface area contributed by atoms with E-state index in [1.165, 1.54) is 0 Å². The molecule has 3 rings (SSSR count). The van der Waals surface area contributed by atoms with E-state index in [4.69, 9.17) is 4.74 Å². The normalized spacial score (nSPS) is 20.4. The van der Waals surface area contributed by atoms with E-state index in [9.17, 15) is 19.2 Å². The summed E-state index contributed by atoms with van der Waals surface area (Å²) in [5.74, 6) is -2.34. The molecule has 2 aliphatic rings. The molecule has 7 heteroatoms. The summed E-state index contributed by atoms with van der Waals surface area (Å²) in [4.78, 5) is 53.3. The van der Waals surface area contributed by atoms with Crippen molar-refractivity contribution in [2.24, 2.45) is 5.92 Å². The molecule has 1 aromatic carbocycles. The molecule has 1 fully saturated rings. The molecule has 0 bridgehead atoms. The summed E-state index contributed by atoms with van der Waals surface area (Å²) in [6.07, 6.45) is 2.96. The van der Waals surface area contributed by atoms with Crippen LogP contribution in [0.3, 0.4) is 0 Å². The number of likely N-dealkylation sites (tertiary alicyclic amines) is 1. The molecular formula is C21H26N2O5. The second kappa shape index (κ2) is 8.12. The Hall–Kier alpha value is -2.70. The molecule has 2 heterocycles. The molecule has 150 valence electrons. The van der Waals surface area contributed by atoms with Crippen molar-refractivity contribution in [1.82, 2.24) is 9.80 Å². The zero-order valence-corrected chi connectivity index (χ0v) is 16.5. The first-order valence-corrected chi connectivity index (χ1v) is 9.76.